The largest absolute Gasteiger partial charge is 0.411 e. The van der Waals surface area contributed by atoms with Gasteiger partial charge in [-0.15, -0.1) is 0 Å². The third-order valence-corrected chi connectivity index (χ3v) is 6.15. The van der Waals surface area contributed by atoms with E-state index in [9.17, 15) is 13.3 Å². The van der Waals surface area contributed by atoms with Gasteiger partial charge in [0, 0.05) is 10.6 Å². The van der Waals surface area contributed by atoms with Crippen LogP contribution in [-0.2, 0) is 4.57 Å². The Kier molecular flexibility index (Phi) is 4.86. The average molecular weight is 309 g/mol. The van der Waals surface area contributed by atoms with E-state index >= 15 is 0 Å². The van der Waals surface area contributed by atoms with Gasteiger partial charge in [-0.05, 0) is 0 Å². The number of nitrogens with zero attached hydrogens (tertiary/aromatic N) is 1. The van der Waals surface area contributed by atoms with E-state index in [4.69, 9.17) is 5.21 Å². The molecule has 2 aromatic carbocycles. The van der Waals surface area contributed by atoms with E-state index in [1.807, 2.05) is 0 Å². The number of oxime groups is 1. The maximum absolute atomic E-state index is 13.4. The SMILES string of the molecule is O=P(C/C(=N\O)C(F)F)(c1ccccc1)c1ccccc1. The summed E-state index contributed by atoms with van der Waals surface area (Å²) in [5, 5.41) is 12.3. The molecule has 0 unspecified atom stereocenters. The van der Waals surface area contributed by atoms with Crippen LogP contribution in [0.4, 0.5) is 8.78 Å². The molecule has 21 heavy (non-hydrogen) atoms. The van der Waals surface area contributed by atoms with Gasteiger partial charge < -0.3 is 9.77 Å². The van der Waals surface area contributed by atoms with Crippen LogP contribution in [0.1, 0.15) is 0 Å². The number of benzene rings is 2. The molecule has 3 nitrogen and oxygen atoms in total. The van der Waals surface area contributed by atoms with Gasteiger partial charge in [0.25, 0.3) is 6.43 Å². The van der Waals surface area contributed by atoms with E-state index in [0.717, 1.165) is 0 Å². The topological polar surface area (TPSA) is 49.7 Å². The molecule has 0 atom stereocenters. The first-order chi connectivity index (χ1) is 10.1. The van der Waals surface area contributed by atoms with Crippen molar-refractivity contribution in [3.63, 3.8) is 0 Å². The van der Waals surface area contributed by atoms with E-state index in [1.54, 1.807) is 60.7 Å². The van der Waals surface area contributed by atoms with Crippen LogP contribution in [0.5, 0.6) is 0 Å². The lowest BCUT2D eigenvalue weighted by atomic mass is 10.4. The zero-order valence-electron chi connectivity index (χ0n) is 11.1. The fraction of sp³-hybridized carbons (Fsp3) is 0.133. The third-order valence-electron chi connectivity index (χ3n) is 3.11. The molecule has 110 valence electrons. The van der Waals surface area contributed by atoms with Gasteiger partial charge in [0.2, 0.25) is 0 Å². The second-order valence-electron chi connectivity index (χ2n) is 4.46. The van der Waals surface area contributed by atoms with Gasteiger partial charge >= 0.3 is 0 Å². The van der Waals surface area contributed by atoms with Crippen molar-refractivity contribution < 1.29 is 18.6 Å². The van der Waals surface area contributed by atoms with Crippen molar-refractivity contribution in [1.29, 1.82) is 0 Å². The number of alkyl halides is 2. The van der Waals surface area contributed by atoms with E-state index in [1.165, 1.54) is 0 Å². The standard InChI is InChI=1S/C15H14F2NO2P/c16-15(17)14(18-19)11-21(20,12-7-3-1-4-8-12)13-9-5-2-6-10-13/h1-10,15,19H,11H2/b18-14+. The van der Waals surface area contributed by atoms with Crippen LogP contribution in [0.25, 0.3) is 0 Å². The highest BCUT2D eigenvalue weighted by atomic mass is 31.2. The van der Waals surface area contributed by atoms with Gasteiger partial charge in [0.15, 0.2) is 0 Å². The van der Waals surface area contributed by atoms with Crippen molar-refractivity contribution in [3.8, 4) is 0 Å². The minimum absolute atomic E-state index is 0.456. The number of rotatable bonds is 5. The van der Waals surface area contributed by atoms with Crippen LogP contribution in [0.15, 0.2) is 65.8 Å². The highest BCUT2D eigenvalue weighted by molar-refractivity contribution is 7.79. The number of hydrogen-bond donors (Lipinski definition) is 1. The zero-order chi connectivity index (χ0) is 15.3. The monoisotopic (exact) mass is 309 g/mol. The molecule has 0 radical (unpaired) electrons. The predicted octanol–water partition coefficient (Wildman–Crippen LogP) is 3.10. The number of halogens is 2. The minimum atomic E-state index is -3.32. The Morgan fingerprint density at radius 3 is 1.76 bits per heavy atom. The second-order valence-corrected chi connectivity index (χ2v) is 7.29. The van der Waals surface area contributed by atoms with Gasteiger partial charge in [-0.1, -0.05) is 65.8 Å². The molecule has 2 rings (SSSR count). The molecule has 0 saturated heterocycles. The summed E-state index contributed by atoms with van der Waals surface area (Å²) in [6, 6.07) is 16.8. The molecular formula is C15H14F2NO2P. The van der Waals surface area contributed by atoms with E-state index in [2.05, 4.69) is 5.16 Å². The first-order valence-electron chi connectivity index (χ1n) is 6.27. The molecule has 2 aromatic rings. The van der Waals surface area contributed by atoms with Gasteiger partial charge in [-0.2, -0.15) is 0 Å². The van der Waals surface area contributed by atoms with Gasteiger partial charge in [-0.25, -0.2) is 8.78 Å². The van der Waals surface area contributed by atoms with Crippen LogP contribution in [-0.4, -0.2) is 23.5 Å². The Morgan fingerprint density at radius 1 is 1.00 bits per heavy atom. The first kappa shape index (κ1) is 15.4. The normalized spacial score (nSPS) is 12.6. The van der Waals surface area contributed by atoms with Crippen LogP contribution >= 0.6 is 7.14 Å². The van der Waals surface area contributed by atoms with Crippen molar-refractivity contribution in [2.75, 3.05) is 6.16 Å². The second kappa shape index (κ2) is 6.64. The molecule has 0 aromatic heterocycles. The molecule has 0 heterocycles. The maximum Gasteiger partial charge on any atom is 0.280 e. The van der Waals surface area contributed by atoms with Crippen molar-refractivity contribution in [2.24, 2.45) is 5.16 Å². The summed E-state index contributed by atoms with van der Waals surface area (Å²) < 4.78 is 39.1. The van der Waals surface area contributed by atoms with Crippen molar-refractivity contribution in [1.82, 2.24) is 0 Å². The summed E-state index contributed by atoms with van der Waals surface area (Å²) in [4.78, 5) is 0. The molecular weight excluding hydrogens is 295 g/mol. The summed E-state index contributed by atoms with van der Waals surface area (Å²) in [5.74, 6) is 0. The molecule has 0 aliphatic rings. The Bertz CT molecular complexity index is 616. The molecule has 0 aliphatic carbocycles. The summed E-state index contributed by atoms with van der Waals surface area (Å²) in [6.07, 6.45) is -3.44. The number of hydrogen-bond acceptors (Lipinski definition) is 3. The molecule has 6 heteroatoms. The summed E-state index contributed by atoms with van der Waals surface area (Å²) in [7, 11) is -3.32. The predicted molar refractivity (Wildman–Crippen MR) is 79.9 cm³/mol. The Morgan fingerprint density at radius 2 is 1.43 bits per heavy atom. The summed E-state index contributed by atoms with van der Waals surface area (Å²) in [5.41, 5.74) is -0.772. The molecule has 0 bridgehead atoms. The Hall–Kier alpha value is -2.00. The van der Waals surface area contributed by atoms with Crippen LogP contribution in [0, 0.1) is 0 Å². The minimum Gasteiger partial charge on any atom is -0.411 e. The van der Waals surface area contributed by atoms with Crippen molar-refractivity contribution in [3.05, 3.63) is 60.7 Å². The van der Waals surface area contributed by atoms with Crippen LogP contribution < -0.4 is 10.6 Å². The van der Waals surface area contributed by atoms with E-state index in [0.29, 0.717) is 10.6 Å². The molecule has 0 spiro atoms. The lowest BCUT2D eigenvalue weighted by Crippen LogP contribution is -2.25. The lowest BCUT2D eigenvalue weighted by Gasteiger charge is -2.19. The highest BCUT2D eigenvalue weighted by Gasteiger charge is 2.32. The molecule has 0 aliphatic heterocycles. The molecule has 1 N–H and O–H groups in total. The fourth-order valence-corrected chi connectivity index (χ4v) is 4.67. The Labute approximate surface area is 121 Å². The Balaban J connectivity index is 2.53. The molecule has 0 amide bonds. The molecule has 0 saturated carbocycles. The summed E-state index contributed by atoms with van der Waals surface area (Å²) in [6.45, 7) is 0. The molecule has 0 fully saturated rings. The summed E-state index contributed by atoms with van der Waals surface area (Å²) >= 11 is 0. The zero-order valence-corrected chi connectivity index (χ0v) is 12.0. The van der Waals surface area contributed by atoms with Crippen LogP contribution in [0.2, 0.25) is 0 Å². The van der Waals surface area contributed by atoms with E-state index < -0.39 is 25.4 Å². The van der Waals surface area contributed by atoms with Gasteiger partial charge in [0.05, 0.1) is 6.16 Å². The lowest BCUT2D eigenvalue weighted by molar-refractivity contribution is 0.213. The maximum atomic E-state index is 13.4. The van der Waals surface area contributed by atoms with Crippen LogP contribution in [0.3, 0.4) is 0 Å². The van der Waals surface area contributed by atoms with Gasteiger partial charge in [0.1, 0.15) is 12.9 Å². The van der Waals surface area contributed by atoms with Crippen molar-refractivity contribution in [2.45, 2.75) is 6.43 Å². The quantitative estimate of drug-likeness (QED) is 0.399. The first-order valence-corrected chi connectivity index (χ1v) is 8.16. The van der Waals surface area contributed by atoms with Crippen molar-refractivity contribution >= 4 is 23.5 Å². The smallest absolute Gasteiger partial charge is 0.280 e. The van der Waals surface area contributed by atoms with E-state index in [-0.39, 0.29) is 0 Å². The van der Waals surface area contributed by atoms with Gasteiger partial charge in [-0.3, -0.25) is 0 Å². The third kappa shape index (κ3) is 3.37. The average Bonchev–Trinajstić information content (AvgIpc) is 2.53. The fourth-order valence-electron chi connectivity index (χ4n) is 2.04. The highest BCUT2D eigenvalue weighted by Crippen LogP contribution is 2.43.